The van der Waals surface area contributed by atoms with Gasteiger partial charge in [-0.1, -0.05) is 17.7 Å². The molecule has 0 saturated carbocycles. The van der Waals surface area contributed by atoms with Crippen LogP contribution < -0.4 is 5.32 Å². The van der Waals surface area contributed by atoms with Gasteiger partial charge in [0, 0.05) is 31.2 Å². The molecule has 1 aromatic rings. The molecule has 1 aliphatic heterocycles. The lowest BCUT2D eigenvalue weighted by molar-refractivity contribution is -0.143. The summed E-state index contributed by atoms with van der Waals surface area (Å²) < 4.78 is 0. The van der Waals surface area contributed by atoms with Crippen molar-refractivity contribution in [2.45, 2.75) is 13.0 Å². The molecule has 4 nitrogen and oxygen atoms in total. The van der Waals surface area contributed by atoms with Crippen molar-refractivity contribution in [3.8, 4) is 0 Å². The third-order valence-corrected chi connectivity index (χ3v) is 3.51. The van der Waals surface area contributed by atoms with Crippen LogP contribution in [0.4, 0.5) is 0 Å². The molecule has 1 saturated heterocycles. The normalized spacial score (nSPS) is 18.6. The van der Waals surface area contributed by atoms with Crippen molar-refractivity contribution in [1.82, 2.24) is 10.2 Å². The Hall–Kier alpha value is -1.10. The van der Waals surface area contributed by atoms with Gasteiger partial charge in [0.05, 0.1) is 0 Å². The highest BCUT2D eigenvalue weighted by Gasteiger charge is 2.29. The first-order valence-electron chi connectivity index (χ1n) is 6.03. The summed E-state index contributed by atoms with van der Waals surface area (Å²) in [5.74, 6) is -0.803. The van der Waals surface area contributed by atoms with Crippen molar-refractivity contribution in [1.29, 1.82) is 0 Å². The van der Waals surface area contributed by atoms with Crippen LogP contribution in [0.15, 0.2) is 18.2 Å². The number of carboxylic acids is 1. The Morgan fingerprint density at radius 2 is 2.11 bits per heavy atom. The minimum Gasteiger partial charge on any atom is -0.480 e. The molecule has 1 unspecified atom stereocenters. The van der Waals surface area contributed by atoms with E-state index in [4.69, 9.17) is 11.6 Å². The molecule has 1 atom stereocenters. The largest absolute Gasteiger partial charge is 0.480 e. The molecule has 2 rings (SSSR count). The van der Waals surface area contributed by atoms with Crippen molar-refractivity contribution in [2.24, 2.45) is 0 Å². The molecule has 1 fully saturated rings. The molecular weight excluding hydrogens is 252 g/mol. The monoisotopic (exact) mass is 268 g/mol. The summed E-state index contributed by atoms with van der Waals surface area (Å²) in [4.78, 5) is 13.5. The van der Waals surface area contributed by atoms with Gasteiger partial charge in [0.15, 0.2) is 0 Å². The van der Waals surface area contributed by atoms with E-state index in [0.717, 1.165) is 37.3 Å². The van der Waals surface area contributed by atoms with Gasteiger partial charge in [-0.15, -0.1) is 0 Å². The van der Waals surface area contributed by atoms with E-state index in [1.807, 2.05) is 24.0 Å². The van der Waals surface area contributed by atoms with Gasteiger partial charge in [-0.05, 0) is 30.2 Å². The zero-order valence-corrected chi connectivity index (χ0v) is 11.1. The predicted octanol–water partition coefficient (Wildman–Crippen LogP) is 1.68. The second-order valence-corrected chi connectivity index (χ2v) is 4.96. The lowest BCUT2D eigenvalue weighted by Crippen LogP contribution is -2.47. The molecule has 0 aliphatic carbocycles. The molecule has 2 N–H and O–H groups in total. The highest BCUT2D eigenvalue weighted by molar-refractivity contribution is 6.30. The number of aryl methyl sites for hydroxylation is 1. The molecule has 0 amide bonds. The average molecular weight is 269 g/mol. The molecule has 5 heteroatoms. The van der Waals surface area contributed by atoms with Crippen LogP contribution in [0.1, 0.15) is 17.2 Å². The number of carboxylic acid groups (broad SMARTS) is 1. The van der Waals surface area contributed by atoms with Gasteiger partial charge < -0.3 is 10.4 Å². The number of piperazine rings is 1. The molecule has 98 valence electrons. The van der Waals surface area contributed by atoms with E-state index in [0.29, 0.717) is 5.02 Å². The summed E-state index contributed by atoms with van der Waals surface area (Å²) in [6.07, 6.45) is 0. The summed E-state index contributed by atoms with van der Waals surface area (Å²) in [6.45, 7) is 5.06. The van der Waals surface area contributed by atoms with Gasteiger partial charge in [0.2, 0.25) is 0 Å². The predicted molar refractivity (Wildman–Crippen MR) is 71.0 cm³/mol. The third-order valence-electron chi connectivity index (χ3n) is 3.28. The lowest BCUT2D eigenvalue weighted by Gasteiger charge is -2.33. The number of rotatable bonds is 3. The Kier molecular flexibility index (Phi) is 4.22. The van der Waals surface area contributed by atoms with E-state index >= 15 is 0 Å². The first-order chi connectivity index (χ1) is 8.59. The number of halogens is 1. The number of hydrogen-bond donors (Lipinski definition) is 2. The van der Waals surface area contributed by atoms with E-state index in [-0.39, 0.29) is 0 Å². The second-order valence-electron chi connectivity index (χ2n) is 4.53. The van der Waals surface area contributed by atoms with E-state index in [1.54, 1.807) is 6.07 Å². The smallest absolute Gasteiger partial charge is 0.325 e. The minimum atomic E-state index is -0.803. The Morgan fingerprint density at radius 1 is 1.44 bits per heavy atom. The van der Waals surface area contributed by atoms with Crippen LogP contribution in [-0.4, -0.2) is 42.2 Å². The summed E-state index contributed by atoms with van der Waals surface area (Å²) in [5.41, 5.74) is 1.75. The van der Waals surface area contributed by atoms with Gasteiger partial charge in [0.1, 0.15) is 6.04 Å². The molecule has 0 aromatic heterocycles. The maximum absolute atomic E-state index is 11.5. The minimum absolute atomic E-state index is 0.579. The van der Waals surface area contributed by atoms with Crippen molar-refractivity contribution in [3.63, 3.8) is 0 Å². The average Bonchev–Trinajstić information content (AvgIpc) is 2.33. The quantitative estimate of drug-likeness (QED) is 0.876. The van der Waals surface area contributed by atoms with Crippen molar-refractivity contribution < 1.29 is 9.90 Å². The van der Waals surface area contributed by atoms with Gasteiger partial charge in [0.25, 0.3) is 0 Å². The fourth-order valence-corrected chi connectivity index (χ4v) is 2.60. The van der Waals surface area contributed by atoms with Gasteiger partial charge in [-0.2, -0.15) is 0 Å². The number of benzene rings is 1. The van der Waals surface area contributed by atoms with Crippen LogP contribution in [0.2, 0.25) is 5.02 Å². The van der Waals surface area contributed by atoms with Crippen LogP contribution >= 0.6 is 11.6 Å². The van der Waals surface area contributed by atoms with E-state index in [2.05, 4.69) is 5.32 Å². The summed E-state index contributed by atoms with van der Waals surface area (Å²) >= 11 is 5.92. The highest BCUT2D eigenvalue weighted by atomic mass is 35.5. The Bertz CT molecular complexity index is 445. The third kappa shape index (κ3) is 2.83. The number of aliphatic carboxylic acids is 1. The first kappa shape index (κ1) is 13.3. The Morgan fingerprint density at radius 3 is 2.67 bits per heavy atom. The van der Waals surface area contributed by atoms with E-state index in [9.17, 15) is 9.90 Å². The van der Waals surface area contributed by atoms with Crippen LogP contribution in [-0.2, 0) is 4.79 Å². The fourth-order valence-electron chi connectivity index (χ4n) is 2.37. The molecule has 1 aliphatic rings. The van der Waals surface area contributed by atoms with Crippen molar-refractivity contribution >= 4 is 17.6 Å². The number of nitrogens with one attached hydrogen (secondary N) is 1. The molecule has 1 aromatic carbocycles. The maximum atomic E-state index is 11.5. The van der Waals surface area contributed by atoms with Crippen molar-refractivity contribution in [3.05, 3.63) is 34.3 Å². The number of carbonyl (C=O) groups is 1. The van der Waals surface area contributed by atoms with Crippen LogP contribution in [0, 0.1) is 6.92 Å². The first-order valence-corrected chi connectivity index (χ1v) is 6.41. The molecule has 0 bridgehead atoms. The zero-order valence-electron chi connectivity index (χ0n) is 10.3. The molecule has 0 radical (unpaired) electrons. The van der Waals surface area contributed by atoms with Gasteiger partial charge in [-0.3, -0.25) is 9.69 Å². The summed E-state index contributed by atoms with van der Waals surface area (Å²) in [5, 5.41) is 13.3. The lowest BCUT2D eigenvalue weighted by atomic mass is 9.99. The van der Waals surface area contributed by atoms with Gasteiger partial charge >= 0.3 is 5.97 Å². The van der Waals surface area contributed by atoms with Gasteiger partial charge in [-0.25, -0.2) is 0 Å². The van der Waals surface area contributed by atoms with E-state index in [1.165, 1.54) is 0 Å². The molecule has 0 spiro atoms. The summed E-state index contributed by atoms with van der Waals surface area (Å²) in [7, 11) is 0. The zero-order chi connectivity index (χ0) is 13.1. The topological polar surface area (TPSA) is 52.6 Å². The fraction of sp³-hybridized carbons (Fsp3) is 0.462. The van der Waals surface area contributed by atoms with Crippen LogP contribution in [0.3, 0.4) is 0 Å². The maximum Gasteiger partial charge on any atom is 0.325 e. The molecular formula is C13H17ClN2O2. The molecule has 1 heterocycles. The standard InChI is InChI=1S/C13H17ClN2O2/c1-9-8-10(14)2-3-11(9)12(13(17)18)16-6-4-15-5-7-16/h2-3,8,12,15H,4-7H2,1H3,(H,17,18). The Balaban J connectivity index is 2.31. The summed E-state index contributed by atoms with van der Waals surface area (Å²) in [6, 6.07) is 4.81. The SMILES string of the molecule is Cc1cc(Cl)ccc1C(C(=O)O)N1CCNCC1. The molecule has 18 heavy (non-hydrogen) atoms. The number of hydrogen-bond acceptors (Lipinski definition) is 3. The van der Waals surface area contributed by atoms with Crippen LogP contribution in [0.5, 0.6) is 0 Å². The van der Waals surface area contributed by atoms with Crippen molar-refractivity contribution in [2.75, 3.05) is 26.2 Å². The highest BCUT2D eigenvalue weighted by Crippen LogP contribution is 2.26. The van der Waals surface area contributed by atoms with E-state index < -0.39 is 12.0 Å². The number of nitrogens with zero attached hydrogens (tertiary/aromatic N) is 1. The van der Waals surface area contributed by atoms with Crippen LogP contribution in [0.25, 0.3) is 0 Å². The Labute approximate surface area is 112 Å². The second kappa shape index (κ2) is 5.69.